The summed E-state index contributed by atoms with van der Waals surface area (Å²) < 4.78 is 6.66. The summed E-state index contributed by atoms with van der Waals surface area (Å²) in [5, 5.41) is 5.17. The Morgan fingerprint density at radius 1 is 1.12 bits per heavy atom. The summed E-state index contributed by atoms with van der Waals surface area (Å²) in [5.41, 5.74) is 1.74. The Hall–Kier alpha value is -3.61. The number of rotatable bonds is 4. The van der Waals surface area contributed by atoms with E-state index >= 15 is 0 Å². The molecule has 0 spiro atoms. The average Bonchev–Trinajstić information content (AvgIpc) is 2.63. The molecule has 0 saturated carbocycles. The number of nitrogens with zero attached hydrogens (tertiary/aromatic N) is 2. The van der Waals surface area contributed by atoms with Crippen LogP contribution in [0.2, 0.25) is 0 Å². The Balaban J connectivity index is 1.86. The molecule has 3 rings (SSSR count). The maximum absolute atomic E-state index is 12.7. The number of methoxy groups -OCH3 is 1. The lowest BCUT2D eigenvalue weighted by Crippen LogP contribution is -2.28. The minimum absolute atomic E-state index is 0.0800. The van der Waals surface area contributed by atoms with Crippen LogP contribution >= 0.6 is 0 Å². The van der Waals surface area contributed by atoms with E-state index < -0.39 is 11.6 Å². The number of para-hydroxylation sites is 2. The molecule has 3 aromatic rings. The van der Waals surface area contributed by atoms with Crippen molar-refractivity contribution in [2.45, 2.75) is 6.92 Å². The van der Waals surface area contributed by atoms with E-state index in [0.29, 0.717) is 17.1 Å². The predicted molar refractivity (Wildman–Crippen MR) is 100 cm³/mol. The third-order valence-corrected chi connectivity index (χ3v) is 3.69. The molecule has 0 aliphatic carbocycles. The highest BCUT2D eigenvalue weighted by molar-refractivity contribution is 5.99. The third kappa shape index (κ3) is 3.72. The largest absolute Gasteiger partial charge is 0.495 e. The van der Waals surface area contributed by atoms with Crippen LogP contribution < -0.4 is 20.9 Å². The average molecular weight is 350 g/mol. The molecule has 1 heterocycles. The maximum Gasteiger partial charge on any atom is 0.325 e. The second kappa shape index (κ2) is 7.52. The van der Waals surface area contributed by atoms with Crippen molar-refractivity contribution >= 4 is 17.5 Å². The Morgan fingerprint density at radius 3 is 2.69 bits per heavy atom. The molecule has 0 radical (unpaired) electrons. The highest BCUT2D eigenvalue weighted by Gasteiger charge is 2.12. The molecule has 132 valence electrons. The molecular weight excluding hydrogens is 332 g/mol. The molecular formula is C19H18N4O3. The molecule has 0 unspecified atom stereocenters. The van der Waals surface area contributed by atoms with Crippen LogP contribution in [0.15, 0.2) is 65.7 Å². The molecule has 2 N–H and O–H groups in total. The van der Waals surface area contributed by atoms with Gasteiger partial charge < -0.3 is 10.1 Å². The van der Waals surface area contributed by atoms with E-state index in [1.54, 1.807) is 24.3 Å². The van der Waals surface area contributed by atoms with Crippen molar-refractivity contribution in [2.75, 3.05) is 17.7 Å². The highest BCUT2D eigenvalue weighted by atomic mass is 16.5. The number of hydrogen-bond donors (Lipinski definition) is 2. The number of hydrogen-bond acceptors (Lipinski definition) is 4. The summed E-state index contributed by atoms with van der Waals surface area (Å²) in [6.45, 7) is 1.92. The molecule has 0 aliphatic rings. The first-order valence-electron chi connectivity index (χ1n) is 7.94. The smallest absolute Gasteiger partial charge is 0.325 e. The van der Waals surface area contributed by atoms with Gasteiger partial charge in [-0.1, -0.05) is 24.3 Å². The van der Waals surface area contributed by atoms with Crippen molar-refractivity contribution in [1.82, 2.24) is 9.55 Å². The first-order valence-corrected chi connectivity index (χ1v) is 7.94. The van der Waals surface area contributed by atoms with E-state index in [1.165, 1.54) is 24.1 Å². The summed E-state index contributed by atoms with van der Waals surface area (Å²) in [7, 11) is 1.53. The lowest BCUT2D eigenvalue weighted by molar-refractivity contribution is 0.262. The normalized spacial score (nSPS) is 10.2. The first kappa shape index (κ1) is 17.2. The molecule has 0 bridgehead atoms. The SMILES string of the molecule is COc1ccccc1-n1ccnc(NC(=O)Nc2cccc(C)c2)c1=O. The molecule has 2 amide bonds. The zero-order valence-electron chi connectivity index (χ0n) is 14.4. The number of urea groups is 1. The molecule has 7 nitrogen and oxygen atoms in total. The highest BCUT2D eigenvalue weighted by Crippen LogP contribution is 2.20. The van der Waals surface area contributed by atoms with E-state index in [9.17, 15) is 9.59 Å². The van der Waals surface area contributed by atoms with Crippen LogP contribution in [0.3, 0.4) is 0 Å². The van der Waals surface area contributed by atoms with Crippen molar-refractivity contribution in [2.24, 2.45) is 0 Å². The number of amides is 2. The Bertz CT molecular complexity index is 998. The number of anilines is 2. The van der Waals surface area contributed by atoms with Crippen LogP contribution in [0.4, 0.5) is 16.3 Å². The minimum atomic E-state index is -0.544. The molecule has 7 heteroatoms. The second-order valence-electron chi connectivity index (χ2n) is 5.57. The molecule has 26 heavy (non-hydrogen) atoms. The predicted octanol–water partition coefficient (Wildman–Crippen LogP) is 3.19. The van der Waals surface area contributed by atoms with E-state index in [1.807, 2.05) is 31.2 Å². The molecule has 0 aliphatic heterocycles. The summed E-state index contributed by atoms with van der Waals surface area (Å²) in [6.07, 6.45) is 2.96. The van der Waals surface area contributed by atoms with Gasteiger partial charge >= 0.3 is 6.03 Å². The van der Waals surface area contributed by atoms with E-state index in [-0.39, 0.29) is 5.82 Å². The topological polar surface area (TPSA) is 85.2 Å². The van der Waals surface area contributed by atoms with Gasteiger partial charge in [-0.2, -0.15) is 0 Å². The van der Waals surface area contributed by atoms with Crippen LogP contribution in [0, 0.1) is 6.92 Å². The lowest BCUT2D eigenvalue weighted by atomic mass is 10.2. The van der Waals surface area contributed by atoms with E-state index in [2.05, 4.69) is 15.6 Å². The number of aromatic nitrogens is 2. The standard InChI is InChI=1S/C19H18N4O3/c1-13-6-5-7-14(12-13)21-19(25)22-17-18(24)23(11-10-20-17)15-8-3-4-9-16(15)26-2/h3-12H,1-2H3,(H2,20,21,22,25). The number of aryl methyl sites for hydroxylation is 1. The first-order chi connectivity index (χ1) is 12.6. The zero-order valence-corrected chi connectivity index (χ0v) is 14.4. The fraction of sp³-hybridized carbons (Fsp3) is 0.105. The van der Waals surface area contributed by atoms with Crippen molar-refractivity contribution in [1.29, 1.82) is 0 Å². The van der Waals surface area contributed by atoms with Crippen molar-refractivity contribution in [3.63, 3.8) is 0 Å². The van der Waals surface area contributed by atoms with Crippen LogP contribution in [0.1, 0.15) is 5.56 Å². The summed E-state index contributed by atoms with van der Waals surface area (Å²) in [6, 6.07) is 13.9. The lowest BCUT2D eigenvalue weighted by Gasteiger charge is -2.12. The van der Waals surface area contributed by atoms with Crippen LogP contribution in [0.5, 0.6) is 5.75 Å². The fourth-order valence-electron chi connectivity index (χ4n) is 2.51. The van der Waals surface area contributed by atoms with Gasteiger partial charge in [-0.3, -0.25) is 14.7 Å². The number of carbonyl (C=O) groups excluding carboxylic acids is 1. The summed E-state index contributed by atoms with van der Waals surface area (Å²) in [4.78, 5) is 28.8. The van der Waals surface area contributed by atoms with Gasteiger partial charge in [0.05, 0.1) is 12.8 Å². The summed E-state index contributed by atoms with van der Waals surface area (Å²) >= 11 is 0. The molecule has 0 atom stereocenters. The zero-order chi connectivity index (χ0) is 18.5. The third-order valence-electron chi connectivity index (χ3n) is 3.69. The Labute approximate surface area is 150 Å². The van der Waals surface area contributed by atoms with Gasteiger partial charge in [0, 0.05) is 18.1 Å². The van der Waals surface area contributed by atoms with Gasteiger partial charge in [-0.25, -0.2) is 9.78 Å². The van der Waals surface area contributed by atoms with Gasteiger partial charge in [0.15, 0.2) is 0 Å². The molecule has 2 aromatic carbocycles. The van der Waals surface area contributed by atoms with Crippen molar-refractivity contribution in [3.05, 3.63) is 76.8 Å². The van der Waals surface area contributed by atoms with Crippen LogP contribution in [-0.2, 0) is 0 Å². The maximum atomic E-state index is 12.7. The quantitative estimate of drug-likeness (QED) is 0.757. The number of ether oxygens (including phenoxy) is 1. The van der Waals surface area contributed by atoms with Crippen LogP contribution in [0.25, 0.3) is 5.69 Å². The molecule has 1 aromatic heterocycles. The van der Waals surface area contributed by atoms with Crippen LogP contribution in [-0.4, -0.2) is 22.7 Å². The number of nitrogens with one attached hydrogen (secondary N) is 2. The van der Waals surface area contributed by atoms with Gasteiger partial charge in [-0.15, -0.1) is 0 Å². The van der Waals surface area contributed by atoms with E-state index in [4.69, 9.17) is 4.74 Å². The Morgan fingerprint density at radius 2 is 1.92 bits per heavy atom. The second-order valence-corrected chi connectivity index (χ2v) is 5.57. The van der Waals surface area contributed by atoms with Gasteiger partial charge in [0.2, 0.25) is 5.82 Å². The molecule has 0 fully saturated rings. The van der Waals surface area contributed by atoms with Gasteiger partial charge in [0.1, 0.15) is 5.75 Å². The number of benzene rings is 2. The van der Waals surface area contributed by atoms with Gasteiger partial charge in [0.25, 0.3) is 5.56 Å². The fourth-order valence-corrected chi connectivity index (χ4v) is 2.51. The van der Waals surface area contributed by atoms with E-state index in [0.717, 1.165) is 5.56 Å². The monoisotopic (exact) mass is 350 g/mol. The minimum Gasteiger partial charge on any atom is -0.495 e. The molecule has 0 saturated heterocycles. The van der Waals surface area contributed by atoms with Gasteiger partial charge in [-0.05, 0) is 36.8 Å². The van der Waals surface area contributed by atoms with Crippen molar-refractivity contribution < 1.29 is 9.53 Å². The van der Waals surface area contributed by atoms with Crippen molar-refractivity contribution in [3.8, 4) is 11.4 Å². The number of carbonyl (C=O) groups is 1. The summed E-state index contributed by atoms with van der Waals surface area (Å²) in [5.74, 6) is 0.458. The Kier molecular flexibility index (Phi) is 4.98.